The van der Waals surface area contributed by atoms with Gasteiger partial charge in [-0.3, -0.25) is 5.10 Å². The van der Waals surface area contributed by atoms with E-state index < -0.39 is 5.97 Å². The molecular weight excluding hydrogens is 348 g/mol. The number of aryl methyl sites for hydroxylation is 1. The molecule has 0 spiro atoms. The number of hydrogen-bond acceptors (Lipinski definition) is 6. The van der Waals surface area contributed by atoms with E-state index in [0.717, 1.165) is 18.4 Å². The first-order valence-corrected chi connectivity index (χ1v) is 8.79. The number of esters is 1. The molecule has 2 aromatic heterocycles. The number of aromatic amines is 1. The predicted molar refractivity (Wildman–Crippen MR) is 99.9 cm³/mol. The highest BCUT2D eigenvalue weighted by Crippen LogP contribution is 2.39. The highest BCUT2D eigenvalue weighted by Gasteiger charge is 2.20. The number of carbonyl (C=O) groups is 1. The number of aromatic nitrogens is 2. The zero-order chi connectivity index (χ0) is 19.4. The van der Waals surface area contributed by atoms with Gasteiger partial charge in [-0.25, -0.2) is 4.79 Å². The predicted octanol–water partition coefficient (Wildman–Crippen LogP) is 4.18. The summed E-state index contributed by atoms with van der Waals surface area (Å²) in [7, 11) is 1.58. The molecule has 3 aromatic rings. The molecule has 0 amide bonds. The average molecular weight is 370 g/mol. The second kappa shape index (κ2) is 7.99. The van der Waals surface area contributed by atoms with Crippen molar-refractivity contribution in [1.82, 2.24) is 10.2 Å². The largest absolute Gasteiger partial charge is 0.507 e. The van der Waals surface area contributed by atoms with Gasteiger partial charge in [0.15, 0.2) is 0 Å². The summed E-state index contributed by atoms with van der Waals surface area (Å²) in [5.41, 5.74) is 2.80. The Kier molecular flexibility index (Phi) is 5.49. The van der Waals surface area contributed by atoms with Crippen LogP contribution in [0, 0.1) is 0 Å². The van der Waals surface area contributed by atoms with Crippen LogP contribution >= 0.6 is 0 Å². The Morgan fingerprint density at radius 3 is 2.78 bits per heavy atom. The lowest BCUT2D eigenvalue weighted by atomic mass is 10.00. The lowest BCUT2D eigenvalue weighted by Gasteiger charge is -2.12. The number of aromatic hydroxyl groups is 1. The normalized spacial score (nSPS) is 10.8. The number of hydrogen-bond donors (Lipinski definition) is 2. The van der Waals surface area contributed by atoms with Gasteiger partial charge in [-0.05, 0) is 37.1 Å². The van der Waals surface area contributed by atoms with Gasteiger partial charge in [-0.15, -0.1) is 0 Å². The van der Waals surface area contributed by atoms with Gasteiger partial charge in [0.2, 0.25) is 5.76 Å². The average Bonchev–Trinajstić information content (AvgIpc) is 3.32. The van der Waals surface area contributed by atoms with Crippen LogP contribution in [0.25, 0.3) is 22.6 Å². The number of rotatable bonds is 7. The van der Waals surface area contributed by atoms with E-state index in [1.807, 2.05) is 6.07 Å². The summed E-state index contributed by atoms with van der Waals surface area (Å²) in [6.07, 6.45) is 3.34. The maximum atomic E-state index is 11.8. The van der Waals surface area contributed by atoms with Gasteiger partial charge in [-0.1, -0.05) is 13.3 Å². The van der Waals surface area contributed by atoms with Crippen LogP contribution in [-0.2, 0) is 11.2 Å². The van der Waals surface area contributed by atoms with E-state index in [9.17, 15) is 9.90 Å². The summed E-state index contributed by atoms with van der Waals surface area (Å²) < 4.78 is 15.9. The molecule has 0 radical (unpaired) electrons. The van der Waals surface area contributed by atoms with Crippen molar-refractivity contribution in [3.05, 3.63) is 41.8 Å². The van der Waals surface area contributed by atoms with Crippen molar-refractivity contribution >= 4 is 5.97 Å². The summed E-state index contributed by atoms with van der Waals surface area (Å²) in [6.45, 7) is 4.08. The van der Waals surface area contributed by atoms with Crippen LogP contribution in [-0.4, -0.2) is 35.0 Å². The third kappa shape index (κ3) is 3.67. The maximum Gasteiger partial charge on any atom is 0.374 e. The van der Waals surface area contributed by atoms with Crippen LogP contribution in [0.3, 0.4) is 0 Å². The summed E-state index contributed by atoms with van der Waals surface area (Å²) in [6, 6.07) is 6.70. The highest BCUT2D eigenvalue weighted by atomic mass is 16.5. The molecule has 0 saturated heterocycles. The Morgan fingerprint density at radius 2 is 2.07 bits per heavy atom. The number of nitrogens with zero attached hydrogens (tertiary/aromatic N) is 1. The fourth-order valence-corrected chi connectivity index (χ4v) is 2.94. The standard InChI is InChI=1S/C20H22N2O5/c1-4-6-12-9-13(15(23)10-18(12)25-3)19-14(11-21-22-19)16-7-8-17(27-16)20(24)26-5-2/h7-11,23H,4-6H2,1-3H3,(H,21,22). The Morgan fingerprint density at radius 1 is 1.26 bits per heavy atom. The van der Waals surface area contributed by atoms with Crippen molar-refractivity contribution in [2.45, 2.75) is 26.7 Å². The zero-order valence-electron chi connectivity index (χ0n) is 15.5. The van der Waals surface area contributed by atoms with Gasteiger partial charge in [0.05, 0.1) is 31.2 Å². The number of carbonyl (C=O) groups excluding carboxylic acids is 1. The number of phenolic OH excluding ortho intramolecular Hbond substituents is 1. The first-order chi connectivity index (χ1) is 13.1. The monoisotopic (exact) mass is 370 g/mol. The van der Waals surface area contributed by atoms with E-state index in [-0.39, 0.29) is 18.1 Å². The molecule has 7 nitrogen and oxygen atoms in total. The molecule has 2 heterocycles. The molecule has 27 heavy (non-hydrogen) atoms. The second-order valence-electron chi connectivity index (χ2n) is 5.97. The molecule has 2 N–H and O–H groups in total. The fraction of sp³-hybridized carbons (Fsp3) is 0.300. The summed E-state index contributed by atoms with van der Waals surface area (Å²) in [4.78, 5) is 11.8. The summed E-state index contributed by atoms with van der Waals surface area (Å²) in [5, 5.41) is 17.5. The van der Waals surface area contributed by atoms with Crippen LogP contribution in [0.15, 0.2) is 34.9 Å². The Hall–Kier alpha value is -3.22. The van der Waals surface area contributed by atoms with E-state index in [4.69, 9.17) is 13.9 Å². The van der Waals surface area contributed by atoms with Crippen LogP contribution in [0.2, 0.25) is 0 Å². The molecule has 0 atom stereocenters. The van der Waals surface area contributed by atoms with Gasteiger partial charge in [0, 0.05) is 11.6 Å². The molecule has 0 aliphatic rings. The molecular formula is C20H22N2O5. The van der Waals surface area contributed by atoms with E-state index in [1.54, 1.807) is 38.4 Å². The van der Waals surface area contributed by atoms with Crippen LogP contribution in [0.1, 0.15) is 36.4 Å². The van der Waals surface area contributed by atoms with E-state index in [1.165, 1.54) is 0 Å². The lowest BCUT2D eigenvalue weighted by Crippen LogP contribution is -2.02. The van der Waals surface area contributed by atoms with Crippen molar-refractivity contribution in [1.29, 1.82) is 0 Å². The minimum Gasteiger partial charge on any atom is -0.507 e. The molecule has 0 aliphatic heterocycles. The number of phenols is 1. The number of furan rings is 1. The van der Waals surface area contributed by atoms with E-state index in [0.29, 0.717) is 28.3 Å². The summed E-state index contributed by atoms with van der Waals surface area (Å²) in [5.74, 6) is 0.751. The summed E-state index contributed by atoms with van der Waals surface area (Å²) >= 11 is 0. The Labute approximate surface area is 156 Å². The molecule has 0 aliphatic carbocycles. The Balaban J connectivity index is 2.03. The highest BCUT2D eigenvalue weighted by molar-refractivity contribution is 5.88. The van der Waals surface area contributed by atoms with Crippen LogP contribution in [0.5, 0.6) is 11.5 Å². The molecule has 7 heteroatoms. The van der Waals surface area contributed by atoms with Gasteiger partial charge in [0.25, 0.3) is 0 Å². The molecule has 0 unspecified atom stereocenters. The topological polar surface area (TPSA) is 97.6 Å². The number of benzene rings is 1. The molecule has 0 bridgehead atoms. The first kappa shape index (κ1) is 18.6. The SMILES string of the molecule is CCCc1cc(-c2[nH]ncc2-c2ccc(C(=O)OCC)o2)c(O)cc1OC. The molecule has 142 valence electrons. The number of methoxy groups -OCH3 is 1. The molecule has 3 rings (SSSR count). The molecule has 1 aromatic carbocycles. The third-order valence-electron chi connectivity index (χ3n) is 4.17. The number of ether oxygens (including phenoxy) is 2. The van der Waals surface area contributed by atoms with Crippen molar-refractivity contribution in [2.24, 2.45) is 0 Å². The van der Waals surface area contributed by atoms with E-state index >= 15 is 0 Å². The van der Waals surface area contributed by atoms with Crippen molar-refractivity contribution < 1.29 is 23.8 Å². The van der Waals surface area contributed by atoms with Gasteiger partial charge in [0.1, 0.15) is 17.3 Å². The number of H-pyrrole nitrogens is 1. The lowest BCUT2D eigenvalue weighted by molar-refractivity contribution is 0.0491. The van der Waals surface area contributed by atoms with Gasteiger partial charge in [-0.2, -0.15) is 5.10 Å². The number of nitrogens with one attached hydrogen (secondary N) is 1. The minimum atomic E-state index is -0.522. The van der Waals surface area contributed by atoms with Crippen LogP contribution in [0.4, 0.5) is 0 Å². The smallest absolute Gasteiger partial charge is 0.374 e. The maximum absolute atomic E-state index is 11.8. The molecule has 0 saturated carbocycles. The Bertz CT molecular complexity index is 942. The van der Waals surface area contributed by atoms with Crippen molar-refractivity contribution in [3.63, 3.8) is 0 Å². The van der Waals surface area contributed by atoms with Crippen molar-refractivity contribution in [3.8, 4) is 34.1 Å². The van der Waals surface area contributed by atoms with Gasteiger partial charge < -0.3 is 19.0 Å². The minimum absolute atomic E-state index is 0.0642. The molecule has 0 fully saturated rings. The zero-order valence-corrected chi connectivity index (χ0v) is 15.5. The third-order valence-corrected chi connectivity index (χ3v) is 4.17. The van der Waals surface area contributed by atoms with E-state index in [2.05, 4.69) is 17.1 Å². The fourth-order valence-electron chi connectivity index (χ4n) is 2.94. The first-order valence-electron chi connectivity index (χ1n) is 8.79. The van der Waals surface area contributed by atoms with Crippen molar-refractivity contribution in [2.75, 3.05) is 13.7 Å². The quantitative estimate of drug-likeness (QED) is 0.606. The van der Waals surface area contributed by atoms with Crippen LogP contribution < -0.4 is 4.74 Å². The second-order valence-corrected chi connectivity index (χ2v) is 5.97. The van der Waals surface area contributed by atoms with Gasteiger partial charge >= 0.3 is 5.97 Å².